The van der Waals surface area contributed by atoms with Gasteiger partial charge in [0.1, 0.15) is 5.60 Å². The Morgan fingerprint density at radius 2 is 2.04 bits per heavy atom. The predicted molar refractivity (Wildman–Crippen MR) is 98.7 cm³/mol. The van der Waals surface area contributed by atoms with E-state index in [1.165, 1.54) is 12.1 Å². The molecule has 0 aromatic heterocycles. The van der Waals surface area contributed by atoms with E-state index >= 15 is 0 Å². The molecule has 2 rings (SSSR count). The third-order valence-corrected chi connectivity index (χ3v) is 4.64. The van der Waals surface area contributed by atoms with Crippen LogP contribution >= 0.6 is 11.6 Å². The van der Waals surface area contributed by atoms with Gasteiger partial charge in [0.2, 0.25) is 0 Å². The van der Waals surface area contributed by atoms with Gasteiger partial charge in [0.25, 0.3) is 0 Å². The van der Waals surface area contributed by atoms with E-state index in [9.17, 15) is 18.0 Å². The minimum atomic E-state index is -4.45. The van der Waals surface area contributed by atoms with Crippen molar-refractivity contribution in [2.24, 2.45) is 0 Å². The summed E-state index contributed by atoms with van der Waals surface area (Å²) in [6.07, 6.45) is -2.12. The quantitative estimate of drug-likeness (QED) is 0.680. The first-order valence-electron chi connectivity index (χ1n) is 9.03. The summed E-state index contributed by atoms with van der Waals surface area (Å²) in [5.41, 5.74) is -0.667. The lowest BCUT2D eigenvalue weighted by Gasteiger charge is -2.28. The van der Waals surface area contributed by atoms with E-state index in [2.05, 4.69) is 5.32 Å². The van der Waals surface area contributed by atoms with Crippen LogP contribution in [0.15, 0.2) is 18.2 Å². The van der Waals surface area contributed by atoms with Crippen molar-refractivity contribution in [1.29, 1.82) is 0 Å². The molecule has 1 fully saturated rings. The second-order valence-electron chi connectivity index (χ2n) is 7.75. The molecule has 1 amide bonds. The summed E-state index contributed by atoms with van der Waals surface area (Å²) in [6.45, 7) is 7.26. The van der Waals surface area contributed by atoms with Crippen LogP contribution in [-0.4, -0.2) is 35.7 Å². The lowest BCUT2D eigenvalue weighted by Crippen LogP contribution is -2.40. The molecule has 1 N–H and O–H groups in total. The van der Waals surface area contributed by atoms with Crippen LogP contribution in [0.3, 0.4) is 0 Å². The van der Waals surface area contributed by atoms with Gasteiger partial charge < -0.3 is 15.0 Å². The molecule has 0 bridgehead atoms. The van der Waals surface area contributed by atoms with E-state index < -0.39 is 17.3 Å². The van der Waals surface area contributed by atoms with Crippen molar-refractivity contribution in [3.05, 3.63) is 34.3 Å². The second kappa shape index (κ2) is 8.69. The van der Waals surface area contributed by atoms with Gasteiger partial charge in [0, 0.05) is 19.1 Å². The van der Waals surface area contributed by atoms with Gasteiger partial charge in [-0.3, -0.25) is 0 Å². The average molecular weight is 407 g/mol. The van der Waals surface area contributed by atoms with Crippen molar-refractivity contribution in [2.75, 3.05) is 13.1 Å². The molecule has 1 aromatic rings. The molecule has 1 aromatic carbocycles. The number of halogens is 4. The van der Waals surface area contributed by atoms with Crippen LogP contribution < -0.4 is 5.32 Å². The van der Waals surface area contributed by atoms with Gasteiger partial charge in [-0.2, -0.15) is 13.2 Å². The Bertz CT molecular complexity index is 659. The van der Waals surface area contributed by atoms with Crippen LogP contribution in [0.4, 0.5) is 18.0 Å². The zero-order valence-corrected chi connectivity index (χ0v) is 16.6. The van der Waals surface area contributed by atoms with Crippen LogP contribution in [0.2, 0.25) is 5.02 Å². The molecule has 0 saturated carbocycles. The Labute approximate surface area is 163 Å². The SMILES string of the molecule is CC(C)(C)OC(=O)N1CCC[C@H]1CCNCc1ccc(C(F)(F)F)c(Cl)c1. The van der Waals surface area contributed by atoms with Crippen molar-refractivity contribution in [1.82, 2.24) is 10.2 Å². The van der Waals surface area contributed by atoms with E-state index in [1.54, 1.807) is 4.90 Å². The first-order chi connectivity index (χ1) is 12.5. The number of likely N-dealkylation sites (tertiary alicyclic amines) is 1. The predicted octanol–water partition coefficient (Wildman–Crippen LogP) is 5.24. The fourth-order valence-corrected chi connectivity index (χ4v) is 3.41. The number of amides is 1. The van der Waals surface area contributed by atoms with Crippen molar-refractivity contribution < 1.29 is 22.7 Å². The number of hydrogen-bond acceptors (Lipinski definition) is 3. The van der Waals surface area contributed by atoms with Gasteiger partial charge >= 0.3 is 12.3 Å². The van der Waals surface area contributed by atoms with Crippen molar-refractivity contribution in [2.45, 2.75) is 64.4 Å². The fraction of sp³-hybridized carbons (Fsp3) is 0.632. The van der Waals surface area contributed by atoms with Crippen LogP contribution in [0.25, 0.3) is 0 Å². The number of carbonyl (C=O) groups is 1. The molecule has 1 aliphatic rings. The first kappa shape index (κ1) is 21.8. The highest BCUT2D eigenvalue weighted by atomic mass is 35.5. The summed E-state index contributed by atoms with van der Waals surface area (Å²) in [5, 5.41) is 2.91. The highest BCUT2D eigenvalue weighted by Crippen LogP contribution is 2.34. The summed E-state index contributed by atoms with van der Waals surface area (Å²) < 4.78 is 43.6. The summed E-state index contributed by atoms with van der Waals surface area (Å²) in [5.74, 6) is 0. The van der Waals surface area contributed by atoms with E-state index in [0.29, 0.717) is 25.2 Å². The number of nitrogens with zero attached hydrogens (tertiary/aromatic N) is 1. The summed E-state index contributed by atoms with van der Waals surface area (Å²) in [6, 6.07) is 3.87. The highest BCUT2D eigenvalue weighted by molar-refractivity contribution is 6.31. The van der Waals surface area contributed by atoms with Gasteiger partial charge in [-0.25, -0.2) is 4.79 Å². The van der Waals surface area contributed by atoms with Crippen molar-refractivity contribution in [3.63, 3.8) is 0 Å². The first-order valence-corrected chi connectivity index (χ1v) is 9.41. The molecule has 0 radical (unpaired) electrons. The summed E-state index contributed by atoms with van der Waals surface area (Å²) in [4.78, 5) is 14.0. The minimum absolute atomic E-state index is 0.114. The van der Waals surface area contributed by atoms with E-state index in [-0.39, 0.29) is 17.2 Å². The highest BCUT2D eigenvalue weighted by Gasteiger charge is 2.33. The average Bonchev–Trinajstić information content (AvgIpc) is 2.97. The smallest absolute Gasteiger partial charge is 0.417 e. The summed E-state index contributed by atoms with van der Waals surface area (Å²) in [7, 11) is 0. The molecular formula is C19H26ClF3N2O2. The lowest BCUT2D eigenvalue weighted by molar-refractivity contribution is -0.137. The molecule has 27 heavy (non-hydrogen) atoms. The van der Waals surface area contributed by atoms with E-state index in [1.807, 2.05) is 20.8 Å². The van der Waals surface area contributed by atoms with Gasteiger partial charge in [-0.05, 0) is 64.3 Å². The number of carbonyl (C=O) groups excluding carboxylic acids is 1. The second-order valence-corrected chi connectivity index (χ2v) is 8.15. The van der Waals surface area contributed by atoms with Crippen molar-refractivity contribution >= 4 is 17.7 Å². The topological polar surface area (TPSA) is 41.6 Å². The molecule has 0 spiro atoms. The number of nitrogens with one attached hydrogen (secondary N) is 1. The fourth-order valence-electron chi connectivity index (χ4n) is 3.10. The molecule has 1 atom stereocenters. The zero-order valence-electron chi connectivity index (χ0n) is 15.8. The van der Waals surface area contributed by atoms with Crippen molar-refractivity contribution in [3.8, 4) is 0 Å². The maximum Gasteiger partial charge on any atom is 0.417 e. The van der Waals surface area contributed by atoms with Crippen LogP contribution in [0.5, 0.6) is 0 Å². The number of rotatable bonds is 5. The molecule has 152 valence electrons. The molecule has 0 aliphatic carbocycles. The van der Waals surface area contributed by atoms with Crippen LogP contribution in [0.1, 0.15) is 51.2 Å². The van der Waals surface area contributed by atoms with E-state index in [0.717, 1.165) is 25.3 Å². The molecular weight excluding hydrogens is 381 g/mol. The van der Waals surface area contributed by atoms with E-state index in [4.69, 9.17) is 16.3 Å². The molecule has 1 aliphatic heterocycles. The minimum Gasteiger partial charge on any atom is -0.444 e. The Morgan fingerprint density at radius 1 is 1.33 bits per heavy atom. The van der Waals surface area contributed by atoms with Gasteiger partial charge in [0.15, 0.2) is 0 Å². The molecule has 1 saturated heterocycles. The van der Waals surface area contributed by atoms with Gasteiger partial charge in [-0.15, -0.1) is 0 Å². The number of hydrogen-bond donors (Lipinski definition) is 1. The normalized spacial score (nSPS) is 18.0. The zero-order chi connectivity index (χ0) is 20.2. The Hall–Kier alpha value is -1.47. The molecule has 4 nitrogen and oxygen atoms in total. The van der Waals surface area contributed by atoms with Crippen LogP contribution in [0, 0.1) is 0 Å². The number of benzene rings is 1. The Kier molecular flexibility index (Phi) is 7.03. The Morgan fingerprint density at radius 3 is 2.63 bits per heavy atom. The standard InChI is InChI=1S/C19H26ClF3N2O2/c1-18(2,3)27-17(26)25-10-4-5-14(25)8-9-24-12-13-6-7-15(16(20)11-13)19(21,22)23/h6-7,11,14,24H,4-5,8-10,12H2,1-3H3/t14-/m0/s1. The monoisotopic (exact) mass is 406 g/mol. The third kappa shape index (κ3) is 6.57. The lowest BCUT2D eigenvalue weighted by atomic mass is 10.1. The maximum absolute atomic E-state index is 12.7. The van der Waals surface area contributed by atoms with Gasteiger partial charge in [0.05, 0.1) is 10.6 Å². The maximum atomic E-state index is 12.7. The number of alkyl halides is 3. The molecule has 8 heteroatoms. The largest absolute Gasteiger partial charge is 0.444 e. The summed E-state index contributed by atoms with van der Waals surface area (Å²) >= 11 is 5.73. The Balaban J connectivity index is 1.81. The van der Waals surface area contributed by atoms with Crippen LogP contribution in [-0.2, 0) is 17.5 Å². The molecule has 0 unspecified atom stereocenters. The molecule has 1 heterocycles. The third-order valence-electron chi connectivity index (χ3n) is 4.33. The number of ether oxygens (including phenoxy) is 1. The van der Waals surface area contributed by atoms with Gasteiger partial charge in [-0.1, -0.05) is 17.7 Å².